The molecule has 78 valence electrons. The zero-order valence-electron chi connectivity index (χ0n) is 7.73. The molecule has 6 nitrogen and oxygen atoms in total. The number of aliphatic hydroxyl groups is 1. The molecule has 4 N–H and O–H groups in total. The Bertz CT molecular complexity index is 297. The van der Waals surface area contributed by atoms with E-state index in [4.69, 9.17) is 15.7 Å². The minimum absolute atomic E-state index is 0.0865. The van der Waals surface area contributed by atoms with E-state index in [0.717, 1.165) is 0 Å². The highest BCUT2D eigenvalue weighted by Gasteiger charge is 2.10. The van der Waals surface area contributed by atoms with E-state index >= 15 is 0 Å². The maximum absolute atomic E-state index is 8.67. The van der Waals surface area contributed by atoms with Gasteiger partial charge in [0.15, 0.2) is 11.6 Å². The molecule has 1 rings (SSSR count). The molecule has 1 aromatic rings. The van der Waals surface area contributed by atoms with Crippen molar-refractivity contribution in [3.63, 3.8) is 0 Å². The second-order valence-electron chi connectivity index (χ2n) is 2.28. The highest BCUT2D eigenvalue weighted by Crippen LogP contribution is 2.31. The number of hydrogen-bond acceptors (Lipinski definition) is 7. The molecule has 0 fully saturated rings. The smallest absolute Gasteiger partial charge is 0.195 e. The van der Waals surface area contributed by atoms with Crippen molar-refractivity contribution in [3.05, 3.63) is 6.33 Å². The van der Waals surface area contributed by atoms with Crippen molar-refractivity contribution in [3.8, 4) is 5.75 Å². The lowest BCUT2D eigenvalue weighted by molar-refractivity contribution is 0.322. The van der Waals surface area contributed by atoms with Crippen LogP contribution in [0.3, 0.4) is 0 Å². The second kappa shape index (κ2) is 5.63. The van der Waals surface area contributed by atoms with Gasteiger partial charge in [-0.2, -0.15) is 0 Å². The van der Waals surface area contributed by atoms with Crippen molar-refractivity contribution in [1.29, 1.82) is 0 Å². The summed E-state index contributed by atoms with van der Waals surface area (Å²) < 4.78 is 5.09. The van der Waals surface area contributed by atoms with E-state index < -0.39 is 0 Å². The van der Waals surface area contributed by atoms with Crippen LogP contribution in [0, 0.1) is 0 Å². The lowest BCUT2D eigenvalue weighted by atomic mass is 10.5. The predicted octanol–water partition coefficient (Wildman–Crippen LogP) is -0.145. The van der Waals surface area contributed by atoms with E-state index in [1.54, 1.807) is 0 Å². The lowest BCUT2D eigenvalue weighted by Gasteiger charge is -2.09. The van der Waals surface area contributed by atoms with Gasteiger partial charge in [-0.25, -0.2) is 15.8 Å². The third-order valence-electron chi connectivity index (χ3n) is 1.44. The molecule has 0 aromatic carbocycles. The van der Waals surface area contributed by atoms with E-state index in [1.807, 2.05) is 0 Å². The minimum atomic E-state index is 0.0865. The topological polar surface area (TPSA) is 93.3 Å². The Morgan fingerprint density at radius 3 is 3.00 bits per heavy atom. The van der Waals surface area contributed by atoms with Crippen LogP contribution in [0.25, 0.3) is 0 Å². The molecule has 7 heteroatoms. The van der Waals surface area contributed by atoms with Crippen LogP contribution in [0.5, 0.6) is 5.75 Å². The molecule has 0 amide bonds. The van der Waals surface area contributed by atoms with E-state index in [0.29, 0.717) is 22.3 Å². The molecular formula is C7H12N4O2S. The first-order valence-corrected chi connectivity index (χ1v) is 4.91. The summed E-state index contributed by atoms with van der Waals surface area (Å²) in [5.74, 6) is 6.73. The highest BCUT2D eigenvalue weighted by molar-refractivity contribution is 7.99. The molecule has 0 bridgehead atoms. The summed E-state index contributed by atoms with van der Waals surface area (Å²) in [5.41, 5.74) is 2.41. The summed E-state index contributed by atoms with van der Waals surface area (Å²) >= 11 is 1.38. The molecule has 14 heavy (non-hydrogen) atoms. The number of thioether (sulfide) groups is 1. The van der Waals surface area contributed by atoms with Crippen LogP contribution in [-0.4, -0.2) is 34.5 Å². The van der Waals surface area contributed by atoms with Crippen molar-refractivity contribution in [2.45, 2.75) is 5.03 Å². The van der Waals surface area contributed by atoms with Crippen LogP contribution in [0.1, 0.15) is 0 Å². The number of methoxy groups -OCH3 is 1. The fourth-order valence-electron chi connectivity index (χ4n) is 0.890. The molecule has 1 heterocycles. The van der Waals surface area contributed by atoms with Crippen molar-refractivity contribution in [1.82, 2.24) is 9.97 Å². The van der Waals surface area contributed by atoms with Crippen molar-refractivity contribution in [2.75, 3.05) is 24.9 Å². The summed E-state index contributed by atoms with van der Waals surface area (Å²) in [4.78, 5) is 7.90. The van der Waals surface area contributed by atoms with E-state index in [9.17, 15) is 0 Å². The van der Waals surface area contributed by atoms with E-state index in [1.165, 1.54) is 25.2 Å². The first kappa shape index (κ1) is 11.0. The number of anilines is 1. The van der Waals surface area contributed by atoms with E-state index in [2.05, 4.69) is 15.4 Å². The minimum Gasteiger partial charge on any atom is -0.490 e. The molecule has 0 aliphatic rings. The van der Waals surface area contributed by atoms with Gasteiger partial charge in [0, 0.05) is 5.75 Å². The van der Waals surface area contributed by atoms with Gasteiger partial charge in [-0.3, -0.25) is 0 Å². The van der Waals surface area contributed by atoms with Gasteiger partial charge < -0.3 is 15.3 Å². The van der Waals surface area contributed by atoms with Gasteiger partial charge in [-0.1, -0.05) is 0 Å². The number of aliphatic hydroxyl groups excluding tert-OH is 1. The largest absolute Gasteiger partial charge is 0.490 e. The lowest BCUT2D eigenvalue weighted by Crippen LogP contribution is -2.11. The zero-order valence-corrected chi connectivity index (χ0v) is 8.54. The normalized spacial score (nSPS) is 9.93. The number of hydrogen-bond donors (Lipinski definition) is 3. The fourth-order valence-corrected chi connectivity index (χ4v) is 1.61. The summed E-state index contributed by atoms with van der Waals surface area (Å²) in [6.07, 6.45) is 1.39. The molecule has 0 unspecified atom stereocenters. The summed E-state index contributed by atoms with van der Waals surface area (Å²) in [6.45, 7) is 0.0865. The van der Waals surface area contributed by atoms with Crippen LogP contribution in [0.2, 0.25) is 0 Å². The number of nitrogens with zero attached hydrogens (tertiary/aromatic N) is 2. The molecule has 0 aliphatic carbocycles. The van der Waals surface area contributed by atoms with E-state index in [-0.39, 0.29) is 6.61 Å². The van der Waals surface area contributed by atoms with Gasteiger partial charge >= 0.3 is 0 Å². The zero-order chi connectivity index (χ0) is 10.4. The molecule has 0 saturated heterocycles. The van der Waals surface area contributed by atoms with Gasteiger partial charge in [0.05, 0.1) is 13.7 Å². The molecule has 0 spiro atoms. The van der Waals surface area contributed by atoms with Gasteiger partial charge in [0.25, 0.3) is 0 Å². The Labute approximate surface area is 85.9 Å². The number of rotatable bonds is 5. The van der Waals surface area contributed by atoms with Crippen LogP contribution >= 0.6 is 11.8 Å². The number of nitrogens with one attached hydrogen (secondary N) is 1. The second-order valence-corrected chi connectivity index (χ2v) is 3.36. The standard InChI is InChI=1S/C7H12N4O2S/c1-13-5-6(11-8)9-4-10-7(5)14-3-2-12/h4,12H,2-3,8H2,1H3,(H,9,10,11). The Morgan fingerprint density at radius 1 is 1.64 bits per heavy atom. The predicted molar refractivity (Wildman–Crippen MR) is 54.2 cm³/mol. The number of hydrazine groups is 1. The highest BCUT2D eigenvalue weighted by atomic mass is 32.2. The van der Waals surface area contributed by atoms with Crippen molar-refractivity contribution in [2.24, 2.45) is 5.84 Å². The maximum Gasteiger partial charge on any atom is 0.195 e. The van der Waals surface area contributed by atoms with Crippen LogP contribution in [-0.2, 0) is 0 Å². The van der Waals surface area contributed by atoms with Crippen LogP contribution < -0.4 is 16.0 Å². The Morgan fingerprint density at radius 2 is 2.43 bits per heavy atom. The van der Waals surface area contributed by atoms with Crippen LogP contribution in [0.4, 0.5) is 5.82 Å². The Balaban J connectivity index is 2.90. The summed E-state index contributed by atoms with van der Waals surface area (Å²) in [5, 5.41) is 9.33. The number of nitrogen functional groups attached to an aromatic ring is 1. The molecule has 0 atom stereocenters. The van der Waals surface area contributed by atoms with Crippen molar-refractivity contribution < 1.29 is 9.84 Å². The Kier molecular flexibility index (Phi) is 4.44. The molecule has 0 aliphatic heterocycles. The Hall–Kier alpha value is -1.05. The number of ether oxygens (including phenoxy) is 1. The van der Waals surface area contributed by atoms with Gasteiger partial charge in [-0.05, 0) is 0 Å². The SMILES string of the molecule is COc1c(NN)ncnc1SCCO. The third kappa shape index (κ3) is 2.47. The number of aromatic nitrogens is 2. The molecular weight excluding hydrogens is 204 g/mol. The molecule has 0 radical (unpaired) electrons. The summed E-state index contributed by atoms with van der Waals surface area (Å²) in [7, 11) is 1.52. The van der Waals surface area contributed by atoms with Crippen molar-refractivity contribution >= 4 is 17.6 Å². The maximum atomic E-state index is 8.67. The number of nitrogens with two attached hydrogens (primary N) is 1. The molecule has 0 saturated carbocycles. The summed E-state index contributed by atoms with van der Waals surface area (Å²) in [6, 6.07) is 0. The first-order chi connectivity index (χ1) is 6.83. The third-order valence-corrected chi connectivity index (χ3v) is 2.39. The first-order valence-electron chi connectivity index (χ1n) is 3.92. The van der Waals surface area contributed by atoms with Crippen LogP contribution in [0.15, 0.2) is 11.4 Å². The quantitative estimate of drug-likeness (QED) is 0.273. The molecule has 1 aromatic heterocycles. The monoisotopic (exact) mass is 216 g/mol. The average Bonchev–Trinajstić information content (AvgIpc) is 2.25. The van der Waals surface area contributed by atoms with Gasteiger partial charge in [0.1, 0.15) is 11.4 Å². The van der Waals surface area contributed by atoms with Gasteiger partial charge in [-0.15, -0.1) is 11.8 Å². The average molecular weight is 216 g/mol. The van der Waals surface area contributed by atoms with Gasteiger partial charge in [0.2, 0.25) is 0 Å². The fraction of sp³-hybridized carbons (Fsp3) is 0.429.